The number of benzene rings is 2. The molecule has 0 aromatic heterocycles. The van der Waals surface area contributed by atoms with Crippen LogP contribution in [0.4, 0.5) is 8.78 Å². The van der Waals surface area contributed by atoms with Crippen LogP contribution in [0, 0.1) is 11.6 Å². The van der Waals surface area contributed by atoms with E-state index in [2.05, 4.69) is 42.5 Å². The minimum absolute atomic E-state index is 0. The van der Waals surface area contributed by atoms with Crippen LogP contribution >= 0.6 is 31.9 Å². The van der Waals surface area contributed by atoms with Crippen molar-refractivity contribution in [1.29, 1.82) is 0 Å². The van der Waals surface area contributed by atoms with Crippen LogP contribution in [0.1, 0.15) is 20.7 Å². The Morgan fingerprint density at radius 3 is 1.40 bits per heavy atom. The Hall–Kier alpha value is -0.821. The summed E-state index contributed by atoms with van der Waals surface area (Å²) in [5.74, 6) is -6.00. The zero-order valence-electron chi connectivity index (χ0n) is 17.9. The van der Waals surface area contributed by atoms with Crippen LogP contribution in [-0.4, -0.2) is 72.3 Å². The van der Waals surface area contributed by atoms with Gasteiger partial charge in [0, 0.05) is 0 Å². The fourth-order valence-corrected chi connectivity index (χ4v) is 10.1. The summed E-state index contributed by atoms with van der Waals surface area (Å²) in [6.07, 6.45) is 0. The number of carbonyl (C=O) groups is 4. The van der Waals surface area contributed by atoms with Gasteiger partial charge in [-0.05, 0) is 0 Å². The number of carbonyl (C=O) groups excluding carboxylic acids is 2. The van der Waals surface area contributed by atoms with Crippen LogP contribution < -0.4 is 40.2 Å². The zero-order valence-corrected chi connectivity index (χ0v) is 26.5. The molecule has 0 fully saturated rings. The van der Waals surface area contributed by atoms with E-state index >= 15 is 0 Å². The Kier molecular flexibility index (Phi) is 14.2. The monoisotopic (exact) mass is 759 g/mol. The van der Waals surface area contributed by atoms with Gasteiger partial charge < -0.3 is 0 Å². The molecule has 2 aromatic rings. The minimum atomic E-state index is -1.31. The van der Waals surface area contributed by atoms with Gasteiger partial charge in [0.1, 0.15) is 0 Å². The summed E-state index contributed by atoms with van der Waals surface area (Å²) >= 11 is 5.39. The molecule has 0 aliphatic carbocycles. The Bertz CT molecular complexity index is 1030. The molecule has 0 aliphatic heterocycles. The van der Waals surface area contributed by atoms with Gasteiger partial charge in [-0.3, -0.25) is 0 Å². The van der Waals surface area contributed by atoms with E-state index in [1.165, 1.54) is 24.3 Å². The molecule has 0 radical (unpaired) electrons. The van der Waals surface area contributed by atoms with Crippen molar-refractivity contribution < 1.29 is 67.7 Å². The first-order valence-corrected chi connectivity index (χ1v) is 17.6. The average molecular weight is 759 g/mol. The van der Waals surface area contributed by atoms with E-state index in [4.69, 9.17) is 0 Å². The first kappa shape index (κ1) is 32.2. The molecule has 0 spiro atoms. The fourth-order valence-electron chi connectivity index (χ4n) is 2.40. The predicted molar refractivity (Wildman–Crippen MR) is 127 cm³/mol. The molecule has 0 unspecified atom stereocenters. The molecular formula is C20H16Br2F2N2NaO6Se2+. The Labute approximate surface area is 248 Å². The topological polar surface area (TPSA) is 133 Å². The summed E-state index contributed by atoms with van der Waals surface area (Å²) in [5.41, 5.74) is -0.609. The van der Waals surface area contributed by atoms with Crippen molar-refractivity contribution >= 4 is 81.9 Å². The molecule has 0 bridgehead atoms. The molecule has 0 aliphatic rings. The third-order valence-corrected chi connectivity index (χ3v) is 12.2. The molecule has 15 heteroatoms. The van der Waals surface area contributed by atoms with Crippen LogP contribution in [0.15, 0.2) is 45.3 Å². The molecule has 8 nitrogen and oxygen atoms in total. The van der Waals surface area contributed by atoms with Crippen molar-refractivity contribution in [3.8, 4) is 0 Å². The maximum absolute atomic E-state index is 13.9. The summed E-state index contributed by atoms with van der Waals surface area (Å²) in [5, 5.41) is 23.4. The summed E-state index contributed by atoms with van der Waals surface area (Å²) in [6.45, 7) is 0. The molecule has 0 saturated heterocycles. The van der Waals surface area contributed by atoms with Crippen LogP contribution in [0.3, 0.4) is 0 Å². The van der Waals surface area contributed by atoms with E-state index in [-0.39, 0.29) is 77.6 Å². The first-order valence-electron chi connectivity index (χ1n) is 9.21. The zero-order chi connectivity index (χ0) is 25.4. The first-order chi connectivity index (χ1) is 16.0. The number of carboxylic acid groups (broad SMARTS) is 2. The number of hydrogen-bond donors (Lipinski definition) is 4. The van der Waals surface area contributed by atoms with Crippen molar-refractivity contribution in [3.63, 3.8) is 0 Å². The van der Waals surface area contributed by atoms with Crippen molar-refractivity contribution in [1.82, 2.24) is 10.6 Å². The molecule has 4 N–H and O–H groups in total. The van der Waals surface area contributed by atoms with Gasteiger partial charge in [-0.1, -0.05) is 0 Å². The fraction of sp³-hybridized carbons (Fsp3) is 0.200. The van der Waals surface area contributed by atoms with Gasteiger partial charge in [0.2, 0.25) is 0 Å². The molecule has 2 rings (SSSR count). The molecule has 182 valence electrons. The van der Waals surface area contributed by atoms with E-state index in [1.807, 2.05) is 0 Å². The quantitative estimate of drug-likeness (QED) is 0.184. The number of nitrogens with one attached hydrogen (secondary N) is 2. The van der Waals surface area contributed by atoms with Gasteiger partial charge in [0.05, 0.1) is 0 Å². The molecule has 2 amide bonds. The van der Waals surface area contributed by atoms with Crippen LogP contribution in [-0.2, 0) is 9.59 Å². The van der Waals surface area contributed by atoms with Crippen molar-refractivity contribution in [2.24, 2.45) is 0 Å². The smallest absolute Gasteiger partial charge is 1.00 e. The molecule has 35 heavy (non-hydrogen) atoms. The van der Waals surface area contributed by atoms with E-state index in [1.54, 1.807) is 0 Å². The van der Waals surface area contributed by atoms with Crippen molar-refractivity contribution in [3.05, 3.63) is 68.1 Å². The average Bonchev–Trinajstić information content (AvgIpc) is 2.74. The van der Waals surface area contributed by atoms with E-state index in [0.29, 0.717) is 8.95 Å². The second-order valence-corrected chi connectivity index (χ2v) is 15.9. The number of aliphatic carboxylic acids is 2. The molecule has 0 heterocycles. The third-order valence-electron chi connectivity index (χ3n) is 4.11. The second kappa shape index (κ2) is 15.4. The molecular weight excluding hydrogens is 743 g/mol. The van der Waals surface area contributed by atoms with E-state index in [9.17, 15) is 38.2 Å². The van der Waals surface area contributed by atoms with E-state index in [0.717, 1.165) is 12.1 Å². The Morgan fingerprint density at radius 2 is 1.11 bits per heavy atom. The van der Waals surface area contributed by atoms with E-state index < -0.39 is 47.5 Å². The predicted octanol–water partition coefficient (Wildman–Crippen LogP) is -0.280. The van der Waals surface area contributed by atoms with Gasteiger partial charge in [-0.2, -0.15) is 0 Å². The van der Waals surface area contributed by atoms with Crippen LogP contribution in [0.5, 0.6) is 0 Å². The number of carboxylic acids is 2. The number of rotatable bonds is 11. The summed E-state index contributed by atoms with van der Waals surface area (Å²) in [7, 11) is 0. The maximum atomic E-state index is 13.9. The van der Waals surface area contributed by atoms with Crippen LogP contribution in [0.2, 0.25) is 10.6 Å². The van der Waals surface area contributed by atoms with Gasteiger partial charge in [0.25, 0.3) is 0 Å². The van der Waals surface area contributed by atoms with Gasteiger partial charge >= 0.3 is 251 Å². The SMILES string of the molecule is O=C(N[C@@H](C[Se][Se]C[C@H](NC(=O)c1ccc(Br)cc1F)C(=O)O)C(=O)O)c1ccc(Br)cc1F.[Na+]. The number of halogens is 4. The normalized spacial score (nSPS) is 12.1. The largest absolute Gasteiger partial charge is 1.00 e. The van der Waals surface area contributed by atoms with Gasteiger partial charge in [-0.15, -0.1) is 0 Å². The number of amides is 2. The summed E-state index contributed by atoms with van der Waals surface area (Å²) in [4.78, 5) is 47.5. The molecule has 2 atom stereocenters. The molecule has 0 saturated carbocycles. The maximum Gasteiger partial charge on any atom is 1.00 e. The Morgan fingerprint density at radius 1 is 0.771 bits per heavy atom. The summed E-state index contributed by atoms with van der Waals surface area (Å²) in [6, 6.07) is 4.92. The second-order valence-electron chi connectivity index (χ2n) is 6.55. The number of hydrogen-bond acceptors (Lipinski definition) is 4. The van der Waals surface area contributed by atoms with Crippen LogP contribution in [0.25, 0.3) is 0 Å². The van der Waals surface area contributed by atoms with Gasteiger partial charge in [-0.25, -0.2) is 0 Å². The minimum Gasteiger partial charge on any atom is 1.00 e. The standard InChI is InChI=1S/C20H16Br2F2N2O6Se2.Na/c21-9-1-3-11(13(23)5-9)17(27)25-15(19(29)30)7-33-34-8-16(20(31)32)26-18(28)12-4-2-10(22)6-14(12)24;/h1-6,15-16H,7-8H2,(H,25,27)(H,26,28)(H,29,30)(H,31,32);/q;+1/t15-,16-;/m0./s1. The van der Waals surface area contributed by atoms with Crippen molar-refractivity contribution in [2.75, 3.05) is 0 Å². The van der Waals surface area contributed by atoms with Gasteiger partial charge in [0.15, 0.2) is 0 Å². The summed E-state index contributed by atoms with van der Waals surface area (Å²) < 4.78 is 28.7. The van der Waals surface area contributed by atoms with Crippen molar-refractivity contribution in [2.45, 2.75) is 22.7 Å². The third kappa shape index (κ3) is 10.2. The molecule has 2 aromatic carbocycles. The Balaban J connectivity index is 0.00000612.